The van der Waals surface area contributed by atoms with Crippen molar-refractivity contribution in [2.24, 2.45) is 0 Å². The van der Waals surface area contributed by atoms with Gasteiger partial charge in [0.15, 0.2) is 0 Å². The highest BCUT2D eigenvalue weighted by molar-refractivity contribution is 5.24. The fourth-order valence-corrected chi connectivity index (χ4v) is 2.16. The van der Waals surface area contributed by atoms with Crippen molar-refractivity contribution >= 4 is 0 Å². The fourth-order valence-electron chi connectivity index (χ4n) is 2.16. The average Bonchev–Trinajstić information content (AvgIpc) is 2.96. The molecule has 0 unspecified atom stereocenters. The summed E-state index contributed by atoms with van der Waals surface area (Å²) >= 11 is 0. The largest absolute Gasteiger partial charge is 0.380 e. The van der Waals surface area contributed by atoms with Crippen molar-refractivity contribution in [1.29, 1.82) is 0 Å². The van der Waals surface area contributed by atoms with E-state index in [2.05, 4.69) is 9.97 Å². The second kappa shape index (κ2) is 5.85. The Kier molecular flexibility index (Phi) is 3.75. The number of aliphatic hydroxyl groups is 1. The molecule has 0 saturated carbocycles. The molecule has 106 valence electrons. The summed E-state index contributed by atoms with van der Waals surface area (Å²) in [6, 6.07) is 11.4. The van der Waals surface area contributed by atoms with Crippen molar-refractivity contribution in [2.75, 3.05) is 0 Å². The van der Waals surface area contributed by atoms with Crippen LogP contribution in [-0.4, -0.2) is 19.6 Å². The summed E-state index contributed by atoms with van der Waals surface area (Å²) in [5.74, 6) is 0.176. The molecule has 1 aromatic carbocycles. The van der Waals surface area contributed by atoms with Gasteiger partial charge in [-0.1, -0.05) is 18.2 Å². The van der Waals surface area contributed by atoms with Gasteiger partial charge in [-0.2, -0.15) is 0 Å². The number of hydrogen-bond donors (Lipinski definition) is 1. The molecule has 0 saturated heterocycles. The first kappa shape index (κ1) is 13.5. The Labute approximate surface area is 121 Å². The minimum atomic E-state index is -0.899. The highest BCUT2D eigenvalue weighted by atomic mass is 19.1. The van der Waals surface area contributed by atoms with Crippen molar-refractivity contribution in [3.05, 3.63) is 84.0 Å². The van der Waals surface area contributed by atoms with Gasteiger partial charge in [-0.15, -0.1) is 0 Å². The summed E-state index contributed by atoms with van der Waals surface area (Å²) in [6.07, 6.45) is 4.24. The molecule has 3 rings (SSSR count). The monoisotopic (exact) mass is 283 g/mol. The van der Waals surface area contributed by atoms with Crippen molar-refractivity contribution in [2.45, 2.75) is 12.6 Å². The van der Waals surface area contributed by atoms with Crippen molar-refractivity contribution in [3.63, 3.8) is 0 Å². The second-order valence-corrected chi connectivity index (χ2v) is 4.69. The Hall–Kier alpha value is -2.53. The molecule has 0 amide bonds. The summed E-state index contributed by atoms with van der Waals surface area (Å²) in [5, 5.41) is 10.4. The Balaban J connectivity index is 1.86. The van der Waals surface area contributed by atoms with E-state index < -0.39 is 6.10 Å². The van der Waals surface area contributed by atoms with Crippen LogP contribution in [0.15, 0.2) is 61.1 Å². The van der Waals surface area contributed by atoms with E-state index in [4.69, 9.17) is 0 Å². The van der Waals surface area contributed by atoms with Gasteiger partial charge in [-0.05, 0) is 29.8 Å². The molecule has 2 heterocycles. The highest BCUT2D eigenvalue weighted by Gasteiger charge is 2.16. The number of hydrogen-bond acceptors (Lipinski definition) is 3. The van der Waals surface area contributed by atoms with E-state index in [-0.39, 0.29) is 5.82 Å². The Morgan fingerprint density at radius 1 is 1.05 bits per heavy atom. The Bertz CT molecular complexity index is 710. The number of benzene rings is 1. The van der Waals surface area contributed by atoms with Crippen LogP contribution in [-0.2, 0) is 6.54 Å². The average molecular weight is 283 g/mol. The summed E-state index contributed by atoms with van der Waals surface area (Å²) in [7, 11) is 0. The lowest BCUT2D eigenvalue weighted by Gasteiger charge is -2.13. The molecule has 0 spiro atoms. The van der Waals surface area contributed by atoms with Gasteiger partial charge in [0.05, 0.1) is 12.2 Å². The molecule has 1 N–H and O–H groups in total. The van der Waals surface area contributed by atoms with Gasteiger partial charge < -0.3 is 9.67 Å². The topological polar surface area (TPSA) is 50.9 Å². The maximum atomic E-state index is 12.9. The Morgan fingerprint density at radius 3 is 2.57 bits per heavy atom. The minimum Gasteiger partial charge on any atom is -0.380 e. The number of imidazole rings is 1. The maximum absolute atomic E-state index is 12.9. The van der Waals surface area contributed by atoms with Crippen LogP contribution in [0.5, 0.6) is 0 Å². The lowest BCUT2D eigenvalue weighted by atomic mass is 10.1. The summed E-state index contributed by atoms with van der Waals surface area (Å²) in [4.78, 5) is 8.46. The fraction of sp³-hybridized carbons (Fsp3) is 0.125. The molecule has 0 aliphatic rings. The number of halogens is 1. The molecule has 21 heavy (non-hydrogen) atoms. The molecule has 4 nitrogen and oxygen atoms in total. The van der Waals surface area contributed by atoms with Gasteiger partial charge >= 0.3 is 0 Å². The van der Waals surface area contributed by atoms with Crippen LogP contribution in [0.4, 0.5) is 4.39 Å². The zero-order valence-corrected chi connectivity index (χ0v) is 11.2. The number of aromatic nitrogens is 3. The minimum absolute atomic E-state index is 0.331. The van der Waals surface area contributed by atoms with Gasteiger partial charge in [0, 0.05) is 18.6 Å². The van der Waals surface area contributed by atoms with E-state index in [0.29, 0.717) is 17.9 Å². The summed E-state index contributed by atoms with van der Waals surface area (Å²) in [6.45, 7) is 0.522. The van der Waals surface area contributed by atoms with Gasteiger partial charge in [-0.3, -0.25) is 4.98 Å². The molecule has 5 heteroatoms. The van der Waals surface area contributed by atoms with Crippen molar-refractivity contribution in [3.8, 4) is 0 Å². The van der Waals surface area contributed by atoms with Crippen molar-refractivity contribution in [1.82, 2.24) is 14.5 Å². The standard InChI is InChI=1S/C16H14FN3O/c17-13-6-4-12(5-7-13)15(21)16-19-9-10-20(16)11-14-3-1-2-8-18-14/h1-10,15,21H,11H2/t15-/m1/s1. The van der Waals surface area contributed by atoms with E-state index >= 15 is 0 Å². The van der Waals surface area contributed by atoms with Crippen LogP contribution in [0.2, 0.25) is 0 Å². The number of rotatable bonds is 4. The molecule has 0 aliphatic heterocycles. The normalized spacial score (nSPS) is 12.3. The van der Waals surface area contributed by atoms with Crippen molar-refractivity contribution < 1.29 is 9.50 Å². The third kappa shape index (κ3) is 2.98. The Morgan fingerprint density at radius 2 is 1.86 bits per heavy atom. The summed E-state index contributed by atoms with van der Waals surface area (Å²) in [5.41, 5.74) is 1.48. The van der Waals surface area contributed by atoms with Gasteiger partial charge in [-0.25, -0.2) is 9.37 Å². The predicted octanol–water partition coefficient (Wildman–Crippen LogP) is 2.55. The van der Waals surface area contributed by atoms with Gasteiger partial charge in [0.1, 0.15) is 17.7 Å². The first-order valence-electron chi connectivity index (χ1n) is 6.58. The predicted molar refractivity (Wildman–Crippen MR) is 76.0 cm³/mol. The number of pyridine rings is 1. The van der Waals surface area contributed by atoms with Gasteiger partial charge in [0.2, 0.25) is 0 Å². The zero-order chi connectivity index (χ0) is 14.7. The van der Waals surface area contributed by atoms with Crippen LogP contribution in [0.25, 0.3) is 0 Å². The van der Waals surface area contributed by atoms with E-state index in [1.807, 2.05) is 22.8 Å². The zero-order valence-electron chi connectivity index (χ0n) is 11.2. The molecular formula is C16H14FN3O. The van der Waals surface area contributed by atoms with E-state index in [9.17, 15) is 9.50 Å². The molecule has 0 bridgehead atoms. The second-order valence-electron chi connectivity index (χ2n) is 4.69. The summed E-state index contributed by atoms with van der Waals surface area (Å²) < 4.78 is 14.8. The SMILES string of the molecule is O[C@H](c1ccc(F)cc1)c1nccn1Cc1ccccn1. The molecule has 1 atom stereocenters. The van der Waals surface area contributed by atoms with E-state index in [0.717, 1.165) is 5.69 Å². The first-order chi connectivity index (χ1) is 10.2. The molecular weight excluding hydrogens is 269 g/mol. The maximum Gasteiger partial charge on any atom is 0.142 e. The van der Waals surface area contributed by atoms with Gasteiger partial charge in [0.25, 0.3) is 0 Å². The molecule has 0 fully saturated rings. The molecule has 0 radical (unpaired) electrons. The molecule has 3 aromatic rings. The quantitative estimate of drug-likeness (QED) is 0.800. The highest BCUT2D eigenvalue weighted by Crippen LogP contribution is 2.21. The number of nitrogens with zero attached hydrogens (tertiary/aromatic N) is 3. The third-order valence-electron chi connectivity index (χ3n) is 3.24. The van der Waals surface area contributed by atoms with Crippen LogP contribution in [0.3, 0.4) is 0 Å². The molecule has 0 aliphatic carbocycles. The van der Waals surface area contributed by atoms with Crippen LogP contribution < -0.4 is 0 Å². The van der Waals surface area contributed by atoms with Crippen LogP contribution >= 0.6 is 0 Å². The lowest BCUT2D eigenvalue weighted by Crippen LogP contribution is -2.11. The first-order valence-corrected chi connectivity index (χ1v) is 6.58. The smallest absolute Gasteiger partial charge is 0.142 e. The van der Waals surface area contributed by atoms with Crippen LogP contribution in [0.1, 0.15) is 23.2 Å². The number of aliphatic hydroxyl groups excluding tert-OH is 1. The third-order valence-corrected chi connectivity index (χ3v) is 3.24. The lowest BCUT2D eigenvalue weighted by molar-refractivity contribution is 0.205. The molecule has 2 aromatic heterocycles. The van der Waals surface area contributed by atoms with Crippen LogP contribution in [0, 0.1) is 5.82 Å². The van der Waals surface area contributed by atoms with E-state index in [1.54, 1.807) is 30.7 Å². The van der Waals surface area contributed by atoms with E-state index in [1.165, 1.54) is 12.1 Å².